The first kappa shape index (κ1) is 13.7. The van der Waals surface area contributed by atoms with E-state index in [1.165, 1.54) is 0 Å². The third-order valence-electron chi connectivity index (χ3n) is 3.65. The number of fused-ring (bicyclic) bond motifs is 1. The van der Waals surface area contributed by atoms with Crippen LogP contribution < -0.4 is 5.56 Å². The van der Waals surface area contributed by atoms with Crippen LogP contribution in [0, 0.1) is 16.1 Å². The molecule has 1 aromatic heterocycles. The van der Waals surface area contributed by atoms with Crippen molar-refractivity contribution in [2.45, 2.75) is 19.5 Å². The highest BCUT2D eigenvalue weighted by Crippen LogP contribution is 2.16. The fourth-order valence-corrected chi connectivity index (χ4v) is 2.88. The Morgan fingerprint density at radius 2 is 2.24 bits per heavy atom. The maximum absolute atomic E-state index is 11.8. The largest absolute Gasteiger partial charge is 0.334 e. The molecule has 0 bridgehead atoms. The van der Waals surface area contributed by atoms with E-state index in [1.54, 1.807) is 6.07 Å². The molecule has 0 saturated heterocycles. The van der Waals surface area contributed by atoms with Gasteiger partial charge in [0, 0.05) is 30.9 Å². The first-order valence-electron chi connectivity index (χ1n) is 6.71. The summed E-state index contributed by atoms with van der Waals surface area (Å²) in [4.78, 5) is 19.8. The Bertz CT molecular complexity index is 831. The molecule has 0 saturated carbocycles. The van der Waals surface area contributed by atoms with Crippen LogP contribution in [-0.2, 0) is 19.5 Å². The van der Waals surface area contributed by atoms with E-state index in [0.29, 0.717) is 23.3 Å². The maximum atomic E-state index is 11.8. The molecule has 2 heterocycles. The molecule has 1 aromatic carbocycles. The summed E-state index contributed by atoms with van der Waals surface area (Å²) in [7, 11) is 0. The van der Waals surface area contributed by atoms with Crippen molar-refractivity contribution in [2.75, 3.05) is 6.54 Å². The molecule has 3 rings (SSSR count). The number of hydrogen-bond donors (Lipinski definition) is 2. The van der Waals surface area contributed by atoms with Crippen LogP contribution in [0.1, 0.15) is 22.4 Å². The van der Waals surface area contributed by atoms with Gasteiger partial charge in [-0.2, -0.15) is 5.26 Å². The molecule has 2 aromatic rings. The molecule has 106 valence electrons. The zero-order valence-electron chi connectivity index (χ0n) is 11.3. The summed E-state index contributed by atoms with van der Waals surface area (Å²) >= 11 is 5.02. The molecule has 0 unspecified atom stereocenters. The van der Waals surface area contributed by atoms with Crippen molar-refractivity contribution >= 4 is 12.2 Å². The second kappa shape index (κ2) is 5.64. The van der Waals surface area contributed by atoms with Crippen molar-refractivity contribution in [3.63, 3.8) is 0 Å². The Morgan fingerprint density at radius 1 is 1.38 bits per heavy atom. The lowest BCUT2D eigenvalue weighted by molar-refractivity contribution is 0.240. The Kier molecular flexibility index (Phi) is 3.69. The Hall–Kier alpha value is -2.23. The number of hydrogen-bond acceptors (Lipinski definition) is 4. The number of nitriles is 1. The van der Waals surface area contributed by atoms with Gasteiger partial charge in [0.15, 0.2) is 4.77 Å². The number of H-pyrrole nitrogens is 2. The van der Waals surface area contributed by atoms with Gasteiger partial charge in [-0.1, -0.05) is 12.1 Å². The maximum Gasteiger partial charge on any atom is 0.255 e. The summed E-state index contributed by atoms with van der Waals surface area (Å²) < 4.78 is 0.368. The number of nitrogens with zero attached hydrogens (tertiary/aromatic N) is 2. The van der Waals surface area contributed by atoms with Crippen molar-refractivity contribution < 1.29 is 0 Å². The van der Waals surface area contributed by atoms with Crippen LogP contribution in [0.5, 0.6) is 0 Å². The van der Waals surface area contributed by atoms with Crippen LogP contribution in [0.25, 0.3) is 0 Å². The fourth-order valence-electron chi connectivity index (χ4n) is 2.66. The van der Waals surface area contributed by atoms with E-state index >= 15 is 0 Å². The second-order valence-corrected chi connectivity index (χ2v) is 5.55. The predicted octanol–water partition coefficient (Wildman–Crippen LogP) is 1.86. The number of rotatable bonds is 2. The highest BCUT2D eigenvalue weighted by molar-refractivity contribution is 7.71. The zero-order chi connectivity index (χ0) is 14.8. The van der Waals surface area contributed by atoms with E-state index in [0.717, 1.165) is 29.9 Å². The Balaban J connectivity index is 1.82. The zero-order valence-corrected chi connectivity index (χ0v) is 12.2. The van der Waals surface area contributed by atoms with Gasteiger partial charge >= 0.3 is 0 Å². The van der Waals surface area contributed by atoms with Gasteiger partial charge in [-0.25, -0.2) is 0 Å². The van der Waals surface area contributed by atoms with Crippen LogP contribution in [0.4, 0.5) is 0 Å². The standard InChI is InChI=1S/C15H14N4OS/c16-7-10-2-1-3-11(6-10)8-19-5-4-12-13(9-19)17-15(21)18-14(12)20/h1-3,6H,4-5,8-9H2,(H2,17,18,20,21). The van der Waals surface area contributed by atoms with E-state index in [2.05, 4.69) is 20.9 Å². The Labute approximate surface area is 126 Å². The van der Waals surface area contributed by atoms with E-state index in [9.17, 15) is 4.79 Å². The first-order valence-corrected chi connectivity index (χ1v) is 7.12. The summed E-state index contributed by atoms with van der Waals surface area (Å²) in [6.45, 7) is 2.24. The highest BCUT2D eigenvalue weighted by atomic mass is 32.1. The summed E-state index contributed by atoms with van der Waals surface area (Å²) in [6.07, 6.45) is 0.703. The average Bonchev–Trinajstić information content (AvgIpc) is 2.47. The Morgan fingerprint density at radius 3 is 3.05 bits per heavy atom. The van der Waals surface area contributed by atoms with Crippen molar-refractivity contribution in [3.05, 3.63) is 61.8 Å². The van der Waals surface area contributed by atoms with E-state index in [-0.39, 0.29) is 5.56 Å². The summed E-state index contributed by atoms with van der Waals surface area (Å²) in [5, 5.41) is 8.94. The lowest BCUT2D eigenvalue weighted by atomic mass is 10.1. The van der Waals surface area contributed by atoms with Crippen LogP contribution in [0.3, 0.4) is 0 Å². The van der Waals surface area contributed by atoms with Crippen LogP contribution in [0.15, 0.2) is 29.1 Å². The molecule has 0 amide bonds. The molecule has 0 spiro atoms. The fraction of sp³-hybridized carbons (Fsp3) is 0.267. The van der Waals surface area contributed by atoms with Crippen molar-refractivity contribution in [2.24, 2.45) is 0 Å². The number of benzene rings is 1. The third-order valence-corrected chi connectivity index (χ3v) is 3.86. The van der Waals surface area contributed by atoms with Crippen LogP contribution in [0.2, 0.25) is 0 Å². The topological polar surface area (TPSA) is 75.7 Å². The van der Waals surface area contributed by atoms with E-state index in [1.807, 2.05) is 18.2 Å². The molecule has 0 radical (unpaired) electrons. The van der Waals surface area contributed by atoms with Crippen molar-refractivity contribution in [1.29, 1.82) is 5.26 Å². The molecule has 0 fully saturated rings. The molecule has 0 atom stereocenters. The van der Waals surface area contributed by atoms with E-state index in [4.69, 9.17) is 17.5 Å². The molecule has 2 N–H and O–H groups in total. The van der Waals surface area contributed by atoms with Gasteiger partial charge in [0.1, 0.15) is 0 Å². The monoisotopic (exact) mass is 298 g/mol. The molecule has 21 heavy (non-hydrogen) atoms. The summed E-state index contributed by atoms with van der Waals surface area (Å²) in [6, 6.07) is 9.75. The SMILES string of the molecule is N#Cc1cccc(CN2CCc3c([nH]c(=S)[nH]c3=O)C2)c1. The molecule has 1 aliphatic heterocycles. The van der Waals surface area contributed by atoms with Gasteiger partial charge in [-0.05, 0) is 36.3 Å². The first-order chi connectivity index (χ1) is 10.2. The number of aromatic nitrogens is 2. The van der Waals surface area contributed by atoms with Gasteiger partial charge in [0.05, 0.1) is 11.6 Å². The van der Waals surface area contributed by atoms with Gasteiger partial charge in [-0.15, -0.1) is 0 Å². The molecular weight excluding hydrogens is 284 g/mol. The van der Waals surface area contributed by atoms with Crippen LogP contribution >= 0.6 is 12.2 Å². The molecule has 0 aliphatic carbocycles. The molecule has 6 heteroatoms. The number of aromatic amines is 2. The minimum Gasteiger partial charge on any atom is -0.334 e. The summed E-state index contributed by atoms with van der Waals surface area (Å²) in [5.41, 5.74) is 3.37. The summed E-state index contributed by atoms with van der Waals surface area (Å²) in [5.74, 6) is 0. The highest BCUT2D eigenvalue weighted by Gasteiger charge is 2.19. The molecular formula is C15H14N4OS. The third kappa shape index (κ3) is 2.94. The minimum absolute atomic E-state index is 0.0834. The smallest absolute Gasteiger partial charge is 0.255 e. The van der Waals surface area contributed by atoms with Crippen LogP contribution in [-0.4, -0.2) is 21.4 Å². The lowest BCUT2D eigenvalue weighted by Crippen LogP contribution is -2.34. The van der Waals surface area contributed by atoms with Gasteiger partial charge < -0.3 is 4.98 Å². The predicted molar refractivity (Wildman–Crippen MR) is 81.2 cm³/mol. The number of nitrogens with one attached hydrogen (secondary N) is 2. The molecule has 1 aliphatic rings. The minimum atomic E-state index is -0.0834. The van der Waals surface area contributed by atoms with Crippen molar-refractivity contribution in [1.82, 2.24) is 14.9 Å². The average molecular weight is 298 g/mol. The van der Waals surface area contributed by atoms with Crippen molar-refractivity contribution in [3.8, 4) is 6.07 Å². The second-order valence-electron chi connectivity index (χ2n) is 5.14. The van der Waals surface area contributed by atoms with E-state index < -0.39 is 0 Å². The quantitative estimate of drug-likeness (QED) is 0.830. The molecule has 5 nitrogen and oxygen atoms in total. The lowest BCUT2D eigenvalue weighted by Gasteiger charge is -2.27. The normalized spacial score (nSPS) is 14.4. The van der Waals surface area contributed by atoms with Gasteiger partial charge in [-0.3, -0.25) is 14.7 Å². The van der Waals surface area contributed by atoms with Gasteiger partial charge in [0.2, 0.25) is 0 Å². The van der Waals surface area contributed by atoms with Gasteiger partial charge in [0.25, 0.3) is 5.56 Å².